The van der Waals surface area contributed by atoms with Crippen LogP contribution in [-0.4, -0.2) is 54.5 Å². The molecule has 0 saturated carbocycles. The van der Waals surface area contributed by atoms with Gasteiger partial charge in [-0.3, -0.25) is 14.5 Å². The van der Waals surface area contributed by atoms with Gasteiger partial charge in [0.05, 0.1) is 4.91 Å². The molecule has 0 atom stereocenters. The third kappa shape index (κ3) is 6.39. The van der Waals surface area contributed by atoms with Crippen molar-refractivity contribution < 1.29 is 14.3 Å². The van der Waals surface area contributed by atoms with Gasteiger partial charge in [0.15, 0.2) is 5.11 Å². The maximum Gasteiger partial charge on any atom is 0.293 e. The summed E-state index contributed by atoms with van der Waals surface area (Å²) >= 11 is 9.50. The third-order valence-corrected chi connectivity index (χ3v) is 5.14. The summed E-state index contributed by atoms with van der Waals surface area (Å²) in [4.78, 5) is 26.2. The molecule has 0 radical (unpaired) electrons. The van der Waals surface area contributed by atoms with Gasteiger partial charge in [-0.1, -0.05) is 28.1 Å². The number of halogens is 1. The summed E-state index contributed by atoms with van der Waals surface area (Å²) in [5.74, 6) is -0.277. The van der Waals surface area contributed by atoms with Gasteiger partial charge in [0.25, 0.3) is 11.1 Å². The lowest BCUT2D eigenvalue weighted by atomic mass is 10.2. The Hall–Kier alpha value is -1.42. The molecule has 0 unspecified atom stereocenters. The van der Waals surface area contributed by atoms with Crippen LogP contribution < -0.4 is 10.6 Å². The van der Waals surface area contributed by atoms with Crippen molar-refractivity contribution in [2.24, 2.45) is 0 Å². The van der Waals surface area contributed by atoms with Crippen molar-refractivity contribution in [3.63, 3.8) is 0 Å². The summed E-state index contributed by atoms with van der Waals surface area (Å²) in [7, 11) is 1.65. The monoisotopic (exact) mass is 457 g/mol. The van der Waals surface area contributed by atoms with Crippen molar-refractivity contribution in [3.05, 3.63) is 39.2 Å². The van der Waals surface area contributed by atoms with Gasteiger partial charge < -0.3 is 15.4 Å². The van der Waals surface area contributed by atoms with E-state index in [0.717, 1.165) is 28.2 Å². The molecular weight excluding hydrogens is 438 g/mol. The van der Waals surface area contributed by atoms with Crippen molar-refractivity contribution in [1.29, 1.82) is 0 Å². The number of carbonyl (C=O) groups is 2. The van der Waals surface area contributed by atoms with Gasteiger partial charge >= 0.3 is 0 Å². The molecule has 6 nitrogen and oxygen atoms in total. The second-order valence-electron chi connectivity index (χ2n) is 5.42. The van der Waals surface area contributed by atoms with Crippen LogP contribution in [0.15, 0.2) is 33.6 Å². The largest absolute Gasteiger partial charge is 0.385 e. The maximum atomic E-state index is 12.4. The number of benzene rings is 1. The minimum Gasteiger partial charge on any atom is -0.385 e. The fraction of sp³-hybridized carbons (Fsp3) is 0.353. The van der Waals surface area contributed by atoms with Gasteiger partial charge in [0.2, 0.25) is 0 Å². The number of rotatable bonds is 8. The van der Waals surface area contributed by atoms with Crippen LogP contribution in [0.3, 0.4) is 0 Å². The van der Waals surface area contributed by atoms with Crippen LogP contribution in [0, 0.1) is 0 Å². The Morgan fingerprint density at radius 2 is 2.12 bits per heavy atom. The maximum absolute atomic E-state index is 12.4. The smallest absolute Gasteiger partial charge is 0.293 e. The molecule has 1 heterocycles. The Balaban J connectivity index is 1.82. The molecule has 2 N–H and O–H groups in total. The van der Waals surface area contributed by atoms with Crippen LogP contribution in [0.1, 0.15) is 12.0 Å². The van der Waals surface area contributed by atoms with E-state index in [1.54, 1.807) is 13.2 Å². The predicted octanol–water partition coefficient (Wildman–Crippen LogP) is 2.99. The fourth-order valence-electron chi connectivity index (χ4n) is 2.20. The van der Waals surface area contributed by atoms with Crippen LogP contribution >= 0.6 is 39.9 Å². The lowest BCUT2D eigenvalue weighted by Crippen LogP contribution is -2.41. The molecule has 0 aliphatic carbocycles. The van der Waals surface area contributed by atoms with Crippen molar-refractivity contribution in [2.45, 2.75) is 6.42 Å². The number of carbonyl (C=O) groups excluding carboxylic acids is 2. The highest BCUT2D eigenvalue weighted by molar-refractivity contribution is 9.10. The first kappa shape index (κ1) is 20.9. The number of nitrogens with one attached hydrogen (secondary N) is 2. The second-order valence-corrected chi connectivity index (χ2v) is 7.73. The Bertz CT molecular complexity index is 712. The van der Waals surface area contributed by atoms with Crippen molar-refractivity contribution in [1.82, 2.24) is 15.5 Å². The molecule has 0 bridgehead atoms. The fourth-order valence-corrected chi connectivity index (χ4v) is 3.69. The first-order valence-electron chi connectivity index (χ1n) is 8.03. The summed E-state index contributed by atoms with van der Waals surface area (Å²) in [6.45, 7) is 2.03. The van der Waals surface area contributed by atoms with Gasteiger partial charge in [-0.15, -0.1) is 0 Å². The number of methoxy groups -OCH3 is 1. The number of hydrogen-bond acceptors (Lipinski definition) is 5. The molecule has 9 heteroatoms. The number of imide groups is 1. The lowest BCUT2D eigenvalue weighted by Gasteiger charge is -2.14. The molecule has 2 amide bonds. The molecule has 1 aliphatic heterocycles. The van der Waals surface area contributed by atoms with Crippen LogP contribution in [0.5, 0.6) is 0 Å². The number of thiocarbonyl (C=S) groups is 1. The molecule has 1 aromatic rings. The minimum absolute atomic E-state index is 0.264. The van der Waals surface area contributed by atoms with Gasteiger partial charge in [0.1, 0.15) is 0 Å². The van der Waals surface area contributed by atoms with Crippen molar-refractivity contribution >= 4 is 62.2 Å². The first-order chi connectivity index (χ1) is 12.5. The van der Waals surface area contributed by atoms with Crippen molar-refractivity contribution in [2.75, 3.05) is 33.4 Å². The Kier molecular flexibility index (Phi) is 8.56. The Labute approximate surface area is 170 Å². The van der Waals surface area contributed by atoms with Crippen LogP contribution in [0.25, 0.3) is 6.08 Å². The van der Waals surface area contributed by atoms with E-state index < -0.39 is 0 Å². The molecule has 0 aromatic heterocycles. The van der Waals surface area contributed by atoms with E-state index in [-0.39, 0.29) is 17.7 Å². The highest BCUT2D eigenvalue weighted by Crippen LogP contribution is 2.32. The van der Waals surface area contributed by atoms with Crippen LogP contribution in [-0.2, 0) is 9.53 Å². The zero-order valence-electron chi connectivity index (χ0n) is 14.3. The van der Waals surface area contributed by atoms with E-state index in [2.05, 4.69) is 26.6 Å². The van der Waals surface area contributed by atoms with E-state index in [4.69, 9.17) is 17.0 Å². The number of hydrogen-bond donors (Lipinski definition) is 2. The Morgan fingerprint density at radius 1 is 1.35 bits per heavy atom. The quantitative estimate of drug-likeness (QED) is 0.353. The lowest BCUT2D eigenvalue weighted by molar-refractivity contribution is -0.122. The van der Waals surface area contributed by atoms with E-state index in [9.17, 15) is 9.59 Å². The standard InChI is InChI=1S/C17H20BrN3O3S2/c1-24-9-3-6-19-16(25)20-7-8-21-15(22)14(26-17(21)23)11-12-4-2-5-13(18)10-12/h2,4-5,10-11H,3,6-9H2,1H3,(H2,19,20,25). The van der Waals surface area contributed by atoms with E-state index in [1.165, 1.54) is 4.90 Å². The van der Waals surface area contributed by atoms with Crippen LogP contribution in [0.2, 0.25) is 0 Å². The molecule has 1 aromatic carbocycles. The topological polar surface area (TPSA) is 70.7 Å². The summed E-state index contributed by atoms with van der Waals surface area (Å²) < 4.78 is 5.88. The molecule has 1 aliphatic rings. The molecule has 26 heavy (non-hydrogen) atoms. The molecule has 2 rings (SSSR count). The van der Waals surface area contributed by atoms with Gasteiger partial charge in [0, 0.05) is 37.8 Å². The third-order valence-electron chi connectivity index (χ3n) is 3.45. The van der Waals surface area contributed by atoms with E-state index in [1.807, 2.05) is 24.3 Å². The van der Waals surface area contributed by atoms with Gasteiger partial charge in [-0.2, -0.15) is 0 Å². The first-order valence-corrected chi connectivity index (χ1v) is 10.0. The zero-order valence-corrected chi connectivity index (χ0v) is 17.5. The highest BCUT2D eigenvalue weighted by Gasteiger charge is 2.34. The average Bonchev–Trinajstić information content (AvgIpc) is 2.86. The summed E-state index contributed by atoms with van der Waals surface area (Å²) in [6, 6.07) is 7.56. The van der Waals surface area contributed by atoms with E-state index >= 15 is 0 Å². The van der Waals surface area contributed by atoms with Crippen molar-refractivity contribution in [3.8, 4) is 0 Å². The van der Waals surface area contributed by atoms with E-state index in [0.29, 0.717) is 29.7 Å². The van der Waals surface area contributed by atoms with Gasteiger partial charge in [-0.05, 0) is 54.2 Å². The predicted molar refractivity (Wildman–Crippen MR) is 112 cm³/mol. The number of amides is 2. The molecular formula is C17H20BrN3O3S2. The normalized spacial score (nSPS) is 15.6. The number of thioether (sulfide) groups is 1. The van der Waals surface area contributed by atoms with Gasteiger partial charge in [-0.25, -0.2) is 0 Å². The molecule has 0 spiro atoms. The average molecular weight is 458 g/mol. The zero-order chi connectivity index (χ0) is 18.9. The summed E-state index contributed by atoms with van der Waals surface area (Å²) in [5, 5.41) is 6.27. The molecule has 1 saturated heterocycles. The molecule has 140 valence electrons. The molecule has 1 fully saturated rings. The summed E-state index contributed by atoms with van der Waals surface area (Å²) in [6.07, 6.45) is 2.58. The SMILES string of the molecule is COCCCNC(=S)NCCN1C(=O)SC(=Cc2cccc(Br)c2)C1=O. The minimum atomic E-state index is -0.277. The number of ether oxygens (including phenoxy) is 1. The Morgan fingerprint density at radius 3 is 2.85 bits per heavy atom. The number of nitrogens with zero attached hydrogens (tertiary/aromatic N) is 1. The summed E-state index contributed by atoms with van der Waals surface area (Å²) in [5.41, 5.74) is 0.865. The van der Waals surface area contributed by atoms with Crippen LogP contribution in [0.4, 0.5) is 4.79 Å². The highest BCUT2D eigenvalue weighted by atomic mass is 79.9. The second kappa shape index (κ2) is 10.7.